The molecule has 1 aliphatic carbocycles. The van der Waals surface area contributed by atoms with Crippen LogP contribution in [0.15, 0.2) is 35.5 Å². The molecular formula is C20H28O7. The summed E-state index contributed by atoms with van der Waals surface area (Å²) in [5.74, 6) is -1.56. The van der Waals surface area contributed by atoms with Gasteiger partial charge in [0.2, 0.25) is 0 Å². The van der Waals surface area contributed by atoms with Gasteiger partial charge in [-0.1, -0.05) is 19.9 Å². The average molecular weight is 380 g/mol. The van der Waals surface area contributed by atoms with Crippen molar-refractivity contribution in [2.75, 3.05) is 19.8 Å². The van der Waals surface area contributed by atoms with Crippen LogP contribution in [0.25, 0.3) is 0 Å². The van der Waals surface area contributed by atoms with E-state index in [1.165, 1.54) is 6.08 Å². The second-order valence-electron chi connectivity index (χ2n) is 7.15. The Bertz CT molecular complexity index is 634. The largest absolute Gasteiger partial charge is 0.458 e. The fourth-order valence-corrected chi connectivity index (χ4v) is 3.62. The van der Waals surface area contributed by atoms with Gasteiger partial charge in [0.1, 0.15) is 12.2 Å². The summed E-state index contributed by atoms with van der Waals surface area (Å²) in [4.78, 5) is 24.5. The number of carbonyl (C=O) groups excluding carboxylic acids is 2. The molecule has 0 spiro atoms. The molecule has 27 heavy (non-hydrogen) atoms. The summed E-state index contributed by atoms with van der Waals surface area (Å²) in [6, 6.07) is 0. The molecule has 0 amide bonds. The number of ether oxygens (including phenoxy) is 2. The lowest BCUT2D eigenvalue weighted by Crippen LogP contribution is -2.34. The zero-order chi connectivity index (χ0) is 20.0. The first-order valence-corrected chi connectivity index (χ1v) is 9.23. The van der Waals surface area contributed by atoms with E-state index in [4.69, 9.17) is 14.6 Å². The monoisotopic (exact) mass is 380 g/mol. The molecule has 0 radical (unpaired) electrons. The Hall–Kier alpha value is -1.96. The number of esters is 2. The summed E-state index contributed by atoms with van der Waals surface area (Å²) in [5.41, 5.74) is 0.870. The van der Waals surface area contributed by atoms with E-state index in [0.29, 0.717) is 24.3 Å². The highest BCUT2D eigenvalue weighted by Gasteiger charge is 2.45. The fourth-order valence-electron chi connectivity index (χ4n) is 3.62. The maximum Gasteiger partial charge on any atom is 0.336 e. The Morgan fingerprint density at radius 2 is 2.15 bits per heavy atom. The van der Waals surface area contributed by atoms with Crippen LogP contribution < -0.4 is 0 Å². The number of aliphatic hydroxyl groups is 3. The van der Waals surface area contributed by atoms with E-state index in [1.54, 1.807) is 6.08 Å². The summed E-state index contributed by atoms with van der Waals surface area (Å²) in [6.45, 7) is 4.72. The molecule has 2 rings (SSSR count). The van der Waals surface area contributed by atoms with Gasteiger partial charge in [-0.25, -0.2) is 9.59 Å². The zero-order valence-corrected chi connectivity index (χ0v) is 15.6. The van der Waals surface area contributed by atoms with E-state index in [9.17, 15) is 19.8 Å². The average Bonchev–Trinajstić information content (AvgIpc) is 2.91. The van der Waals surface area contributed by atoms with Crippen LogP contribution in [0.5, 0.6) is 0 Å². The van der Waals surface area contributed by atoms with Gasteiger partial charge in [0.25, 0.3) is 0 Å². The van der Waals surface area contributed by atoms with E-state index in [1.807, 2.05) is 0 Å². The normalized spacial score (nSPS) is 31.6. The predicted octanol–water partition coefficient (Wildman–Crippen LogP) is 1.04. The van der Waals surface area contributed by atoms with Crippen molar-refractivity contribution in [1.82, 2.24) is 0 Å². The summed E-state index contributed by atoms with van der Waals surface area (Å²) in [5, 5.41) is 28.0. The maximum absolute atomic E-state index is 12.4. The molecule has 0 aromatic rings. The lowest BCUT2D eigenvalue weighted by Gasteiger charge is -2.28. The molecule has 4 atom stereocenters. The van der Waals surface area contributed by atoms with Crippen LogP contribution in [0.4, 0.5) is 0 Å². The highest BCUT2D eigenvalue weighted by atomic mass is 16.6. The highest BCUT2D eigenvalue weighted by molar-refractivity contribution is 5.92. The molecule has 7 heteroatoms. The fraction of sp³-hybridized carbons (Fsp3) is 0.600. The smallest absolute Gasteiger partial charge is 0.336 e. The zero-order valence-electron chi connectivity index (χ0n) is 15.6. The number of rotatable bonds is 5. The molecule has 2 aliphatic rings. The first-order chi connectivity index (χ1) is 12.9. The molecule has 0 bridgehead atoms. The van der Waals surface area contributed by atoms with Crippen LogP contribution in [-0.2, 0) is 19.1 Å². The van der Waals surface area contributed by atoms with E-state index in [0.717, 1.165) is 12.8 Å². The van der Waals surface area contributed by atoms with E-state index >= 15 is 0 Å². The topological polar surface area (TPSA) is 113 Å². The van der Waals surface area contributed by atoms with Crippen molar-refractivity contribution in [2.45, 2.75) is 44.8 Å². The van der Waals surface area contributed by atoms with Crippen molar-refractivity contribution in [2.24, 2.45) is 11.8 Å². The number of aliphatic hydroxyl groups excluding tert-OH is 3. The van der Waals surface area contributed by atoms with Crippen LogP contribution >= 0.6 is 0 Å². The first-order valence-electron chi connectivity index (χ1n) is 9.23. The third kappa shape index (κ3) is 5.28. The van der Waals surface area contributed by atoms with Gasteiger partial charge in [0.15, 0.2) is 0 Å². The summed E-state index contributed by atoms with van der Waals surface area (Å²) in [6.07, 6.45) is 4.60. The van der Waals surface area contributed by atoms with Gasteiger partial charge in [0.05, 0.1) is 31.3 Å². The minimum absolute atomic E-state index is 0.0747. The van der Waals surface area contributed by atoms with Crippen LogP contribution in [0, 0.1) is 11.8 Å². The second-order valence-corrected chi connectivity index (χ2v) is 7.15. The number of fused-ring (bicyclic) bond motifs is 1. The van der Waals surface area contributed by atoms with Crippen molar-refractivity contribution in [1.29, 1.82) is 0 Å². The van der Waals surface area contributed by atoms with E-state index in [-0.39, 0.29) is 17.8 Å². The molecule has 3 N–H and O–H groups in total. The van der Waals surface area contributed by atoms with E-state index in [2.05, 4.69) is 13.5 Å². The number of carbonyl (C=O) groups is 2. The molecule has 1 heterocycles. The lowest BCUT2D eigenvalue weighted by molar-refractivity contribution is -0.146. The Morgan fingerprint density at radius 1 is 1.41 bits per heavy atom. The molecule has 0 aromatic carbocycles. The molecule has 0 aromatic heterocycles. The van der Waals surface area contributed by atoms with Crippen LogP contribution in [0.3, 0.4) is 0 Å². The Balaban J connectivity index is 2.39. The molecule has 1 saturated heterocycles. The summed E-state index contributed by atoms with van der Waals surface area (Å²) < 4.78 is 11.0. The first kappa shape index (κ1) is 21.3. The molecule has 4 unspecified atom stereocenters. The summed E-state index contributed by atoms with van der Waals surface area (Å²) in [7, 11) is 0. The van der Waals surface area contributed by atoms with E-state index < -0.39 is 43.3 Å². The van der Waals surface area contributed by atoms with Gasteiger partial charge in [-0.15, -0.1) is 0 Å². The van der Waals surface area contributed by atoms with Gasteiger partial charge in [-0.2, -0.15) is 0 Å². The molecule has 7 nitrogen and oxygen atoms in total. The van der Waals surface area contributed by atoms with Crippen molar-refractivity contribution < 1.29 is 34.4 Å². The minimum atomic E-state index is -0.859. The van der Waals surface area contributed by atoms with Gasteiger partial charge in [-0.05, 0) is 42.9 Å². The van der Waals surface area contributed by atoms with Crippen molar-refractivity contribution in [3.05, 3.63) is 35.5 Å². The van der Waals surface area contributed by atoms with Crippen molar-refractivity contribution in [3.63, 3.8) is 0 Å². The third-order valence-corrected chi connectivity index (χ3v) is 5.12. The van der Waals surface area contributed by atoms with Gasteiger partial charge < -0.3 is 24.8 Å². The van der Waals surface area contributed by atoms with Crippen LogP contribution in [0.1, 0.15) is 32.6 Å². The predicted molar refractivity (Wildman–Crippen MR) is 97.4 cm³/mol. The van der Waals surface area contributed by atoms with Crippen LogP contribution in [-0.4, -0.2) is 59.3 Å². The second kappa shape index (κ2) is 9.82. The summed E-state index contributed by atoms with van der Waals surface area (Å²) >= 11 is 0. The highest BCUT2D eigenvalue weighted by Crippen LogP contribution is 2.37. The van der Waals surface area contributed by atoms with Gasteiger partial charge >= 0.3 is 11.9 Å². The van der Waals surface area contributed by atoms with Crippen molar-refractivity contribution in [3.8, 4) is 0 Å². The molecule has 150 valence electrons. The Morgan fingerprint density at radius 3 is 2.78 bits per heavy atom. The SMILES string of the molecule is C=C1C(=O)OC2CC(C)CCC/C(CO)=C/C(OC(=O)C(=CCO)CO)C12. The molecule has 0 saturated carbocycles. The third-order valence-electron chi connectivity index (χ3n) is 5.12. The minimum Gasteiger partial charge on any atom is -0.458 e. The van der Waals surface area contributed by atoms with Crippen LogP contribution in [0.2, 0.25) is 0 Å². The standard InChI is InChI=1S/C20H28O7/c1-12-4-3-5-14(10-22)9-17(27-20(25)15(11-23)6-7-21)18-13(2)19(24)26-16(18)8-12/h6,9,12,16-18,21-23H,2-5,7-8,10-11H2,1H3/b14-9-,15-6?. The quantitative estimate of drug-likeness (QED) is 0.371. The Kier molecular flexibility index (Phi) is 7.77. The maximum atomic E-state index is 12.4. The number of hydrogen-bond acceptors (Lipinski definition) is 7. The number of hydrogen-bond donors (Lipinski definition) is 3. The molecule has 1 aliphatic heterocycles. The Labute approximate surface area is 159 Å². The van der Waals surface area contributed by atoms with Gasteiger partial charge in [-0.3, -0.25) is 0 Å². The van der Waals surface area contributed by atoms with Gasteiger partial charge in [0, 0.05) is 5.57 Å². The van der Waals surface area contributed by atoms with Crippen molar-refractivity contribution >= 4 is 11.9 Å². The lowest BCUT2D eigenvalue weighted by atomic mass is 9.83. The molecular weight excluding hydrogens is 352 g/mol. The molecule has 1 fully saturated rings.